The lowest BCUT2D eigenvalue weighted by Gasteiger charge is -2.33. The van der Waals surface area contributed by atoms with E-state index in [1.807, 2.05) is 55.1 Å². The zero-order chi connectivity index (χ0) is 46.7. The number of fused-ring (bicyclic) bond motifs is 7. The number of nitrogens with one attached hydrogen (secondary N) is 4. The van der Waals surface area contributed by atoms with Crippen LogP contribution in [0.15, 0.2) is 91.0 Å². The first kappa shape index (κ1) is 43.9. The number of aromatic amines is 2. The van der Waals surface area contributed by atoms with Crippen LogP contribution in [0.1, 0.15) is 75.4 Å². The van der Waals surface area contributed by atoms with Crippen molar-refractivity contribution in [1.82, 2.24) is 40.4 Å². The highest BCUT2D eigenvalue weighted by molar-refractivity contribution is 6.07. The molecule has 9 atom stereocenters. The van der Waals surface area contributed by atoms with Gasteiger partial charge in [-0.3, -0.25) is 9.59 Å². The predicted molar refractivity (Wildman–Crippen MR) is 255 cm³/mol. The summed E-state index contributed by atoms with van der Waals surface area (Å²) in [5, 5.41) is 9.65. The smallest absolute Gasteiger partial charge is 0.407 e. The van der Waals surface area contributed by atoms with E-state index < -0.39 is 24.3 Å². The first-order chi connectivity index (χ1) is 32.5. The number of carbonyl (C=O) groups is 4. The lowest BCUT2D eigenvalue weighted by atomic mass is 9.97. The van der Waals surface area contributed by atoms with Crippen molar-refractivity contribution in [2.75, 3.05) is 34.5 Å². The van der Waals surface area contributed by atoms with Crippen LogP contribution < -0.4 is 10.6 Å². The number of methoxy groups -OCH3 is 3. The van der Waals surface area contributed by atoms with Crippen LogP contribution in [0.4, 0.5) is 9.59 Å². The summed E-state index contributed by atoms with van der Waals surface area (Å²) in [5.41, 5.74) is 6.20. The number of carbonyl (C=O) groups excluding carboxylic acids is 4. The normalized spacial score (nSPS) is 22.5. The topological polar surface area (TPSA) is 184 Å². The van der Waals surface area contributed by atoms with Crippen molar-refractivity contribution in [2.24, 2.45) is 23.7 Å². The number of hydrogen-bond acceptors (Lipinski definition) is 9. The Bertz CT molecular complexity index is 3040. The van der Waals surface area contributed by atoms with Gasteiger partial charge in [0.25, 0.3) is 5.91 Å². The molecule has 5 aromatic carbocycles. The van der Waals surface area contributed by atoms with Crippen molar-refractivity contribution in [1.29, 1.82) is 0 Å². The lowest BCUT2D eigenvalue weighted by Crippen LogP contribution is -2.52. The molecule has 346 valence electrons. The maximum absolute atomic E-state index is 14.4. The molecule has 10 rings (SSSR count). The van der Waals surface area contributed by atoms with Crippen LogP contribution in [0.5, 0.6) is 0 Å². The Kier molecular flexibility index (Phi) is 11.6. The van der Waals surface area contributed by atoms with E-state index in [-0.39, 0.29) is 41.8 Å². The summed E-state index contributed by atoms with van der Waals surface area (Å²) < 4.78 is 15.4. The van der Waals surface area contributed by atoms with Crippen LogP contribution in [0.2, 0.25) is 0 Å². The number of rotatable bonds is 12. The van der Waals surface area contributed by atoms with Gasteiger partial charge in [0.05, 0.1) is 55.0 Å². The standard InChI is InChI=1S/C52H56N8O7/c1-7-27(2)42(57-51(63)66-5)50(62)60-41(24-37-28(3)46(37)60)48-54-39-20-16-34-23-32(14-18-36(34)45(39)56-48)31-13-17-35-33(22-31)15-19-38-44(35)55-47(53-38)40-21-29(26-65-4)25-59(40)49(61)43(58-52(64)67-6)30-11-9-8-10-12-30/h8-20,22-23,27-29,37,40-43,46H,7,21,24-26H2,1-6H3,(H,53,55)(H,54,56)(H,57,63)(H,58,64)/t27-,28?,29-,37?,40-,41-,42-,43+,46?/m0/s1. The van der Waals surface area contributed by atoms with Gasteiger partial charge in [0.15, 0.2) is 0 Å². The molecule has 67 heavy (non-hydrogen) atoms. The van der Waals surface area contributed by atoms with Crippen molar-refractivity contribution < 1.29 is 33.4 Å². The molecule has 1 saturated carbocycles. The Morgan fingerprint density at radius 3 is 1.93 bits per heavy atom. The van der Waals surface area contributed by atoms with Gasteiger partial charge in [-0.15, -0.1) is 0 Å². The van der Waals surface area contributed by atoms with E-state index in [1.54, 1.807) is 12.0 Å². The van der Waals surface area contributed by atoms with E-state index in [2.05, 4.69) is 82.1 Å². The summed E-state index contributed by atoms with van der Waals surface area (Å²) in [5.74, 6) is 1.88. The van der Waals surface area contributed by atoms with Gasteiger partial charge >= 0.3 is 12.2 Å². The molecule has 2 saturated heterocycles. The first-order valence-electron chi connectivity index (χ1n) is 23.2. The van der Waals surface area contributed by atoms with Gasteiger partial charge in [0.2, 0.25) is 5.91 Å². The molecule has 0 radical (unpaired) electrons. The number of ether oxygens (including phenoxy) is 3. The summed E-state index contributed by atoms with van der Waals surface area (Å²) in [7, 11) is 4.26. The number of alkyl carbamates (subject to hydrolysis) is 2. The third-order valence-corrected chi connectivity index (χ3v) is 14.7. The van der Waals surface area contributed by atoms with Crippen LogP contribution in [-0.2, 0) is 23.8 Å². The van der Waals surface area contributed by atoms with Crippen molar-refractivity contribution in [2.45, 2.75) is 70.2 Å². The SMILES string of the molecule is CC[C@H](C)[C@H](NC(=O)OC)C(=O)N1C2C(C)C2C[C@H]1c1nc2c(ccc3cc(-c4ccc5c(ccc6[nH]c([C@@H]7C[C@H](COC)CN7C(=O)[C@H](NC(=O)OC)c7ccccc7)nc65)c4)ccc32)[nH]1. The fraction of sp³-hybridized carbons (Fsp3) is 0.385. The van der Waals surface area contributed by atoms with Gasteiger partial charge in [-0.25, -0.2) is 19.6 Å². The van der Waals surface area contributed by atoms with E-state index >= 15 is 0 Å². The number of H-pyrrole nitrogens is 2. The van der Waals surface area contributed by atoms with Crippen molar-refractivity contribution in [3.8, 4) is 11.1 Å². The highest BCUT2D eigenvalue weighted by Crippen LogP contribution is 2.58. The number of nitrogens with zero attached hydrogens (tertiary/aromatic N) is 4. The molecule has 4 heterocycles. The lowest BCUT2D eigenvalue weighted by molar-refractivity contribution is -0.137. The minimum absolute atomic E-state index is 0.0718. The third-order valence-electron chi connectivity index (χ3n) is 14.7. The quantitative estimate of drug-likeness (QED) is 0.0932. The molecule has 3 unspecified atom stereocenters. The van der Waals surface area contributed by atoms with E-state index in [9.17, 15) is 19.2 Å². The maximum atomic E-state index is 14.4. The van der Waals surface area contributed by atoms with Gasteiger partial charge < -0.3 is 44.6 Å². The fourth-order valence-corrected chi connectivity index (χ4v) is 10.9. The molecule has 0 bridgehead atoms. The number of benzene rings is 5. The second kappa shape index (κ2) is 17.7. The maximum Gasteiger partial charge on any atom is 0.407 e. The average Bonchev–Trinajstić information content (AvgIpc) is 3.96. The second-order valence-corrected chi connectivity index (χ2v) is 18.6. The summed E-state index contributed by atoms with van der Waals surface area (Å²) in [4.78, 5) is 74.8. The molecule has 3 aliphatic rings. The first-order valence-corrected chi connectivity index (χ1v) is 23.2. The van der Waals surface area contributed by atoms with Gasteiger partial charge in [0.1, 0.15) is 23.7 Å². The summed E-state index contributed by atoms with van der Waals surface area (Å²) >= 11 is 0. The second-order valence-electron chi connectivity index (χ2n) is 18.6. The van der Waals surface area contributed by atoms with E-state index in [0.717, 1.165) is 73.4 Å². The molecule has 4 N–H and O–H groups in total. The molecule has 2 aliphatic heterocycles. The van der Waals surface area contributed by atoms with Crippen LogP contribution in [-0.4, -0.2) is 100 Å². The Balaban J connectivity index is 0.928. The van der Waals surface area contributed by atoms with Crippen LogP contribution in [0.3, 0.4) is 0 Å². The van der Waals surface area contributed by atoms with Crippen molar-refractivity contribution in [3.05, 3.63) is 108 Å². The molecular weight excluding hydrogens is 849 g/mol. The fourth-order valence-electron chi connectivity index (χ4n) is 10.9. The Labute approximate surface area is 387 Å². The highest BCUT2D eigenvalue weighted by Gasteiger charge is 2.61. The molecule has 1 aliphatic carbocycles. The van der Waals surface area contributed by atoms with Gasteiger partial charge in [-0.05, 0) is 82.3 Å². The Morgan fingerprint density at radius 1 is 0.746 bits per heavy atom. The van der Waals surface area contributed by atoms with Crippen LogP contribution in [0, 0.1) is 23.7 Å². The van der Waals surface area contributed by atoms with Crippen LogP contribution in [0.25, 0.3) is 54.7 Å². The molecule has 2 aromatic heterocycles. The summed E-state index contributed by atoms with van der Waals surface area (Å²) in [6, 6.07) is 28.2. The molecule has 3 fully saturated rings. The number of piperidine rings is 1. The minimum Gasteiger partial charge on any atom is -0.453 e. The summed E-state index contributed by atoms with van der Waals surface area (Å²) in [6.45, 7) is 7.12. The largest absolute Gasteiger partial charge is 0.453 e. The number of aromatic nitrogens is 4. The third kappa shape index (κ3) is 7.88. The Hall–Kier alpha value is -7.00. The predicted octanol–water partition coefficient (Wildman–Crippen LogP) is 8.72. The molecule has 0 spiro atoms. The molecule has 15 nitrogen and oxygen atoms in total. The monoisotopic (exact) mass is 904 g/mol. The van der Waals surface area contributed by atoms with E-state index in [1.165, 1.54) is 14.2 Å². The number of imidazole rings is 2. The molecule has 15 heteroatoms. The van der Waals surface area contributed by atoms with Crippen LogP contribution >= 0.6 is 0 Å². The molecule has 7 aromatic rings. The average molecular weight is 905 g/mol. The number of hydrogen-bond donors (Lipinski definition) is 4. The Morgan fingerprint density at radius 2 is 1.34 bits per heavy atom. The van der Waals surface area contributed by atoms with Gasteiger partial charge in [-0.2, -0.15) is 0 Å². The zero-order valence-corrected chi connectivity index (χ0v) is 38.5. The van der Waals surface area contributed by atoms with E-state index in [4.69, 9.17) is 24.2 Å². The zero-order valence-electron chi connectivity index (χ0n) is 38.5. The number of amides is 4. The van der Waals surface area contributed by atoms with Gasteiger partial charge in [0, 0.05) is 36.4 Å². The van der Waals surface area contributed by atoms with Crippen molar-refractivity contribution >= 4 is 67.6 Å². The van der Waals surface area contributed by atoms with Gasteiger partial charge in [-0.1, -0.05) is 93.9 Å². The van der Waals surface area contributed by atoms with E-state index in [0.29, 0.717) is 42.8 Å². The highest BCUT2D eigenvalue weighted by atomic mass is 16.5. The minimum atomic E-state index is -0.944. The summed E-state index contributed by atoms with van der Waals surface area (Å²) in [6.07, 6.45) is 0.890. The van der Waals surface area contributed by atoms with Crippen molar-refractivity contribution in [3.63, 3.8) is 0 Å². The molecule has 4 amide bonds. The molecular formula is C52H56N8O7. The number of likely N-dealkylation sites (tertiary alicyclic amines) is 2.